The Labute approximate surface area is 87.8 Å². The van der Waals surface area contributed by atoms with E-state index in [1.165, 1.54) is 0 Å². The molecule has 0 atom stereocenters. The van der Waals surface area contributed by atoms with Gasteiger partial charge in [-0.25, -0.2) is 0 Å². The lowest BCUT2D eigenvalue weighted by Gasteiger charge is -2.16. The Kier molecular flexibility index (Phi) is 2.04. The first kappa shape index (κ1) is 9.53. The molecule has 0 unspecified atom stereocenters. The minimum atomic E-state index is -0.414. The molecule has 14 heavy (non-hydrogen) atoms. The zero-order valence-corrected chi connectivity index (χ0v) is 8.89. The normalized spacial score (nSPS) is 17.4. The third kappa shape index (κ3) is 1.50. The third-order valence-electron chi connectivity index (χ3n) is 2.33. The molecule has 0 aliphatic carbocycles. The second-order valence-electron chi connectivity index (χ2n) is 4.09. The van der Waals surface area contributed by atoms with E-state index in [-0.39, 0.29) is 5.60 Å². The van der Waals surface area contributed by atoms with Gasteiger partial charge < -0.3 is 4.74 Å². The highest BCUT2D eigenvalue weighted by molar-refractivity contribution is 6.68. The molecule has 1 aliphatic heterocycles. The van der Waals surface area contributed by atoms with Crippen molar-refractivity contribution in [2.45, 2.75) is 25.9 Å². The zero-order chi connectivity index (χ0) is 10.3. The van der Waals surface area contributed by atoms with Crippen LogP contribution in [0.2, 0.25) is 0 Å². The summed E-state index contributed by atoms with van der Waals surface area (Å²) < 4.78 is 5.67. The van der Waals surface area contributed by atoms with Crippen molar-refractivity contribution >= 4 is 16.8 Å². The molecule has 0 N–H and O–H groups in total. The topological polar surface area (TPSA) is 26.3 Å². The van der Waals surface area contributed by atoms with E-state index in [0.29, 0.717) is 5.56 Å². The van der Waals surface area contributed by atoms with Crippen LogP contribution in [-0.2, 0) is 6.42 Å². The van der Waals surface area contributed by atoms with E-state index in [1.807, 2.05) is 19.9 Å². The van der Waals surface area contributed by atoms with Crippen LogP contribution in [0.15, 0.2) is 18.2 Å². The lowest BCUT2D eigenvalue weighted by molar-refractivity contribution is 0.108. The van der Waals surface area contributed by atoms with E-state index in [1.54, 1.807) is 12.1 Å². The smallest absolute Gasteiger partial charge is 0.252 e. The van der Waals surface area contributed by atoms with Crippen molar-refractivity contribution in [3.63, 3.8) is 0 Å². The second-order valence-corrected chi connectivity index (χ2v) is 4.44. The molecule has 2 nitrogen and oxygen atoms in total. The maximum Gasteiger partial charge on any atom is 0.252 e. The van der Waals surface area contributed by atoms with Gasteiger partial charge in [0, 0.05) is 17.5 Å². The summed E-state index contributed by atoms with van der Waals surface area (Å²) in [4.78, 5) is 11.1. The minimum Gasteiger partial charge on any atom is -0.487 e. The number of halogens is 1. The van der Waals surface area contributed by atoms with Gasteiger partial charge in [-0.15, -0.1) is 0 Å². The molecule has 0 amide bonds. The Morgan fingerprint density at radius 3 is 2.86 bits per heavy atom. The Morgan fingerprint density at radius 1 is 1.50 bits per heavy atom. The lowest BCUT2D eigenvalue weighted by Crippen LogP contribution is -2.24. The van der Waals surface area contributed by atoms with Crippen molar-refractivity contribution in [1.82, 2.24) is 0 Å². The number of hydrogen-bond donors (Lipinski definition) is 0. The van der Waals surface area contributed by atoms with Gasteiger partial charge in [-0.1, -0.05) is 6.07 Å². The van der Waals surface area contributed by atoms with Crippen LogP contribution >= 0.6 is 11.6 Å². The largest absolute Gasteiger partial charge is 0.487 e. The molecule has 0 fully saturated rings. The quantitative estimate of drug-likeness (QED) is 0.667. The Balaban J connectivity index is 2.52. The molecule has 0 aromatic heterocycles. The SMILES string of the molecule is CC1(C)Cc2c(cccc2C(=O)Cl)O1. The van der Waals surface area contributed by atoms with Crippen LogP contribution in [0.5, 0.6) is 5.75 Å². The fourth-order valence-electron chi connectivity index (χ4n) is 1.79. The molecule has 3 heteroatoms. The molecule has 0 spiro atoms. The number of fused-ring (bicyclic) bond motifs is 1. The number of ether oxygens (including phenoxy) is 1. The molecule has 0 saturated heterocycles. The van der Waals surface area contributed by atoms with E-state index >= 15 is 0 Å². The molecular formula is C11H11ClO2. The number of carbonyl (C=O) groups is 1. The van der Waals surface area contributed by atoms with E-state index in [4.69, 9.17) is 16.3 Å². The monoisotopic (exact) mass is 210 g/mol. The van der Waals surface area contributed by atoms with E-state index in [2.05, 4.69) is 0 Å². The molecule has 1 aliphatic rings. The van der Waals surface area contributed by atoms with Crippen molar-refractivity contribution in [1.29, 1.82) is 0 Å². The zero-order valence-electron chi connectivity index (χ0n) is 8.13. The number of benzene rings is 1. The van der Waals surface area contributed by atoms with Gasteiger partial charge in [0.15, 0.2) is 0 Å². The summed E-state index contributed by atoms with van der Waals surface area (Å²) in [6.07, 6.45) is 0.733. The highest BCUT2D eigenvalue weighted by Gasteiger charge is 2.32. The van der Waals surface area contributed by atoms with Gasteiger partial charge in [0.25, 0.3) is 5.24 Å². The maximum atomic E-state index is 11.1. The molecule has 1 aromatic rings. The minimum absolute atomic E-state index is 0.231. The van der Waals surface area contributed by atoms with Crippen LogP contribution in [0, 0.1) is 0 Å². The van der Waals surface area contributed by atoms with Crippen molar-refractivity contribution in [2.24, 2.45) is 0 Å². The highest BCUT2D eigenvalue weighted by atomic mass is 35.5. The van der Waals surface area contributed by atoms with E-state index < -0.39 is 5.24 Å². The summed E-state index contributed by atoms with van der Waals surface area (Å²) >= 11 is 5.49. The molecule has 1 heterocycles. The first-order valence-corrected chi connectivity index (χ1v) is 4.88. The van der Waals surface area contributed by atoms with Crippen molar-refractivity contribution in [3.05, 3.63) is 29.3 Å². The molecular weight excluding hydrogens is 200 g/mol. The van der Waals surface area contributed by atoms with Gasteiger partial charge in [-0.2, -0.15) is 0 Å². The van der Waals surface area contributed by atoms with Crippen molar-refractivity contribution < 1.29 is 9.53 Å². The number of hydrogen-bond acceptors (Lipinski definition) is 2. The van der Waals surface area contributed by atoms with Crippen molar-refractivity contribution in [3.8, 4) is 5.75 Å². The average molecular weight is 211 g/mol. The maximum absolute atomic E-state index is 11.1. The second kappa shape index (κ2) is 2.99. The Hall–Kier alpha value is -1.02. The summed E-state index contributed by atoms with van der Waals surface area (Å²) in [5, 5.41) is -0.414. The van der Waals surface area contributed by atoms with Gasteiger partial charge in [0.1, 0.15) is 11.4 Å². The number of carbonyl (C=O) groups excluding carboxylic acids is 1. The first-order valence-electron chi connectivity index (χ1n) is 4.50. The number of rotatable bonds is 1. The summed E-state index contributed by atoms with van der Waals surface area (Å²) in [5.41, 5.74) is 1.26. The Bertz CT molecular complexity index is 396. The molecule has 2 rings (SSSR count). The predicted molar refractivity (Wildman–Crippen MR) is 55.0 cm³/mol. The molecule has 74 valence electrons. The fourth-order valence-corrected chi connectivity index (χ4v) is 1.96. The van der Waals surface area contributed by atoms with E-state index in [9.17, 15) is 4.79 Å². The lowest BCUT2D eigenvalue weighted by atomic mass is 9.98. The fraction of sp³-hybridized carbons (Fsp3) is 0.364. The molecule has 0 saturated carbocycles. The first-order chi connectivity index (χ1) is 6.49. The van der Waals surface area contributed by atoms with Gasteiger partial charge in [0.05, 0.1) is 0 Å². The summed E-state index contributed by atoms with van der Waals surface area (Å²) in [5.74, 6) is 0.779. The highest BCUT2D eigenvalue weighted by Crippen LogP contribution is 2.37. The van der Waals surface area contributed by atoms with Crippen molar-refractivity contribution in [2.75, 3.05) is 0 Å². The Morgan fingerprint density at radius 2 is 2.21 bits per heavy atom. The van der Waals surface area contributed by atoms with Crippen LogP contribution in [0.25, 0.3) is 0 Å². The standard InChI is InChI=1S/C11H11ClO2/c1-11(2)6-8-7(10(12)13)4-3-5-9(8)14-11/h3-5H,6H2,1-2H3. The van der Waals surface area contributed by atoms with Gasteiger partial charge >= 0.3 is 0 Å². The third-order valence-corrected chi connectivity index (χ3v) is 2.54. The summed E-state index contributed by atoms with van der Waals surface area (Å²) in [7, 11) is 0. The molecule has 0 radical (unpaired) electrons. The van der Waals surface area contributed by atoms with Crippen LogP contribution in [0.4, 0.5) is 0 Å². The van der Waals surface area contributed by atoms with Gasteiger partial charge in [0.2, 0.25) is 0 Å². The van der Waals surface area contributed by atoms with Crippen LogP contribution in [-0.4, -0.2) is 10.8 Å². The molecule has 0 bridgehead atoms. The average Bonchev–Trinajstić information content (AvgIpc) is 2.36. The summed E-state index contributed by atoms with van der Waals surface area (Å²) in [6.45, 7) is 3.99. The molecule has 1 aromatic carbocycles. The summed E-state index contributed by atoms with van der Waals surface area (Å²) in [6, 6.07) is 5.39. The van der Waals surface area contributed by atoms with Gasteiger partial charge in [-0.05, 0) is 37.6 Å². The van der Waals surface area contributed by atoms with Crippen LogP contribution in [0.1, 0.15) is 29.8 Å². The van der Waals surface area contributed by atoms with Gasteiger partial charge in [-0.3, -0.25) is 4.79 Å². The van der Waals surface area contributed by atoms with Crippen LogP contribution in [0.3, 0.4) is 0 Å². The predicted octanol–water partition coefficient (Wildman–Crippen LogP) is 2.78. The van der Waals surface area contributed by atoms with Crippen LogP contribution < -0.4 is 4.74 Å². The van der Waals surface area contributed by atoms with E-state index in [0.717, 1.165) is 17.7 Å².